The molecule has 0 aliphatic carbocycles. The summed E-state index contributed by atoms with van der Waals surface area (Å²) in [6.45, 7) is 6.34. The van der Waals surface area contributed by atoms with Gasteiger partial charge in [0.05, 0.1) is 24.2 Å². The van der Waals surface area contributed by atoms with Crippen LogP contribution < -0.4 is 0 Å². The lowest BCUT2D eigenvalue weighted by molar-refractivity contribution is 0.0468. The van der Waals surface area contributed by atoms with Crippen LogP contribution in [-0.2, 0) is 19.3 Å². The SMILES string of the molecule is COC(=O)c1c(C)[nH]c(C(=O)OCC(=O)c2cc(C)n([C@@H]3CCS(=O)(=O)C3)c2C)c1C. The molecule has 1 aliphatic rings. The summed E-state index contributed by atoms with van der Waals surface area (Å²) >= 11 is 0. The van der Waals surface area contributed by atoms with E-state index in [1.807, 2.05) is 11.5 Å². The normalized spacial score (nSPS) is 17.5. The summed E-state index contributed by atoms with van der Waals surface area (Å²) in [5.74, 6) is -1.51. The molecule has 2 aromatic heterocycles. The van der Waals surface area contributed by atoms with Gasteiger partial charge in [-0.3, -0.25) is 4.79 Å². The smallest absolute Gasteiger partial charge is 0.355 e. The molecule has 31 heavy (non-hydrogen) atoms. The first kappa shape index (κ1) is 22.8. The van der Waals surface area contributed by atoms with Gasteiger partial charge in [0.15, 0.2) is 16.4 Å². The van der Waals surface area contributed by atoms with Gasteiger partial charge in [-0.1, -0.05) is 0 Å². The van der Waals surface area contributed by atoms with Crippen molar-refractivity contribution in [1.29, 1.82) is 0 Å². The number of methoxy groups -OCH3 is 1. The predicted molar refractivity (Wildman–Crippen MR) is 112 cm³/mol. The zero-order valence-electron chi connectivity index (χ0n) is 18.2. The Morgan fingerprint density at radius 2 is 1.84 bits per heavy atom. The molecule has 10 heteroatoms. The maximum atomic E-state index is 12.7. The largest absolute Gasteiger partial charge is 0.465 e. The van der Waals surface area contributed by atoms with Crippen LogP contribution in [0.5, 0.6) is 0 Å². The lowest BCUT2D eigenvalue weighted by Crippen LogP contribution is -2.17. The van der Waals surface area contributed by atoms with Crippen LogP contribution in [0.2, 0.25) is 0 Å². The number of hydrogen-bond donors (Lipinski definition) is 1. The summed E-state index contributed by atoms with van der Waals surface area (Å²) in [6.07, 6.45) is 0.509. The number of ketones is 1. The molecule has 0 bridgehead atoms. The number of rotatable bonds is 6. The number of aromatic amines is 1. The number of Topliss-reactive ketones (excluding diaryl/α,β-unsaturated/α-hetero) is 1. The van der Waals surface area contributed by atoms with E-state index in [4.69, 9.17) is 9.47 Å². The first-order chi connectivity index (χ1) is 14.5. The standard InChI is InChI=1S/C21H26N2O7S/c1-11-8-16(14(4)23(11)15-6-7-31(27,28)10-15)17(24)9-30-21(26)19-12(2)18(13(3)22-19)20(25)29-5/h8,15,22H,6-7,9-10H2,1-5H3/t15-/m1/s1. The van der Waals surface area contributed by atoms with Crippen LogP contribution in [0.3, 0.4) is 0 Å². The molecule has 168 valence electrons. The quantitative estimate of drug-likeness (QED) is 0.528. The minimum absolute atomic E-state index is 0.0555. The number of H-pyrrole nitrogens is 1. The highest BCUT2D eigenvalue weighted by molar-refractivity contribution is 7.91. The van der Waals surface area contributed by atoms with E-state index >= 15 is 0 Å². The lowest BCUT2D eigenvalue weighted by Gasteiger charge is -2.16. The molecule has 3 heterocycles. The van der Waals surface area contributed by atoms with E-state index in [9.17, 15) is 22.8 Å². The van der Waals surface area contributed by atoms with E-state index in [2.05, 4.69) is 4.98 Å². The van der Waals surface area contributed by atoms with E-state index in [1.165, 1.54) is 7.11 Å². The third-order valence-corrected chi connectivity index (χ3v) is 7.47. The Balaban J connectivity index is 1.74. The van der Waals surface area contributed by atoms with Crippen LogP contribution >= 0.6 is 0 Å². The van der Waals surface area contributed by atoms with Gasteiger partial charge in [0.2, 0.25) is 5.78 Å². The number of carbonyl (C=O) groups is 3. The van der Waals surface area contributed by atoms with Crippen LogP contribution in [0.15, 0.2) is 6.07 Å². The number of nitrogens with one attached hydrogen (secondary N) is 1. The molecule has 0 saturated carbocycles. The van der Waals surface area contributed by atoms with Gasteiger partial charge in [-0.05, 0) is 45.7 Å². The summed E-state index contributed by atoms with van der Waals surface area (Å²) < 4.78 is 35.5. The summed E-state index contributed by atoms with van der Waals surface area (Å²) in [5.41, 5.74) is 3.04. The number of sulfone groups is 1. The van der Waals surface area contributed by atoms with Crippen molar-refractivity contribution in [1.82, 2.24) is 9.55 Å². The topological polar surface area (TPSA) is 125 Å². The van der Waals surface area contributed by atoms with Gasteiger partial charge in [0, 0.05) is 28.7 Å². The number of aryl methyl sites for hydroxylation is 2. The van der Waals surface area contributed by atoms with Crippen molar-refractivity contribution in [2.75, 3.05) is 25.2 Å². The second kappa shape index (κ2) is 8.33. The second-order valence-corrected chi connectivity index (χ2v) is 10.1. The fraction of sp³-hybridized carbons (Fsp3) is 0.476. The molecule has 2 aromatic rings. The monoisotopic (exact) mass is 450 g/mol. The molecule has 1 fully saturated rings. The van der Waals surface area contributed by atoms with Crippen LogP contribution in [0, 0.1) is 27.7 Å². The average Bonchev–Trinajstić information content (AvgIpc) is 3.31. The van der Waals surface area contributed by atoms with Crippen LogP contribution in [0.25, 0.3) is 0 Å². The molecule has 1 N–H and O–H groups in total. The van der Waals surface area contributed by atoms with Gasteiger partial charge >= 0.3 is 11.9 Å². The Kier molecular flexibility index (Phi) is 6.13. The first-order valence-electron chi connectivity index (χ1n) is 9.83. The fourth-order valence-electron chi connectivity index (χ4n) is 4.24. The average molecular weight is 451 g/mol. The molecule has 3 rings (SSSR count). The summed E-state index contributed by atoms with van der Waals surface area (Å²) in [6, 6.07) is 1.49. The highest BCUT2D eigenvalue weighted by Gasteiger charge is 2.32. The third kappa shape index (κ3) is 4.30. The molecule has 0 aromatic carbocycles. The molecule has 0 spiro atoms. The summed E-state index contributed by atoms with van der Waals surface area (Å²) in [4.78, 5) is 39.9. The number of nitrogens with zero attached hydrogens (tertiary/aromatic N) is 1. The number of hydrogen-bond acceptors (Lipinski definition) is 7. The van der Waals surface area contributed by atoms with Gasteiger partial charge in [-0.15, -0.1) is 0 Å². The Morgan fingerprint density at radius 3 is 2.42 bits per heavy atom. The molecule has 0 radical (unpaired) electrons. The van der Waals surface area contributed by atoms with Gasteiger partial charge in [-0.2, -0.15) is 0 Å². The Labute approximate surface area is 180 Å². The van der Waals surface area contributed by atoms with Gasteiger partial charge in [0.1, 0.15) is 5.69 Å². The van der Waals surface area contributed by atoms with E-state index in [0.717, 1.165) is 5.69 Å². The minimum Gasteiger partial charge on any atom is -0.465 e. The van der Waals surface area contributed by atoms with Crippen molar-refractivity contribution in [2.24, 2.45) is 0 Å². The molecule has 1 aliphatic heterocycles. The van der Waals surface area contributed by atoms with E-state index in [0.29, 0.717) is 28.9 Å². The molecule has 0 amide bonds. The zero-order valence-corrected chi connectivity index (χ0v) is 19.0. The fourth-order valence-corrected chi connectivity index (χ4v) is 5.94. The molecule has 9 nitrogen and oxygen atoms in total. The van der Waals surface area contributed by atoms with Crippen molar-refractivity contribution < 1.29 is 32.3 Å². The molecule has 1 atom stereocenters. The van der Waals surface area contributed by atoms with Crippen LogP contribution in [0.4, 0.5) is 0 Å². The molecule has 1 saturated heterocycles. The number of aromatic nitrogens is 2. The van der Waals surface area contributed by atoms with Crippen molar-refractivity contribution in [3.8, 4) is 0 Å². The van der Waals surface area contributed by atoms with Gasteiger partial charge in [0.25, 0.3) is 0 Å². The number of carbonyl (C=O) groups excluding carboxylic acids is 3. The lowest BCUT2D eigenvalue weighted by atomic mass is 10.1. The third-order valence-electron chi connectivity index (χ3n) is 5.72. The Morgan fingerprint density at radius 1 is 1.16 bits per heavy atom. The minimum atomic E-state index is -3.07. The zero-order chi connectivity index (χ0) is 23.1. The maximum absolute atomic E-state index is 12.7. The van der Waals surface area contributed by atoms with E-state index in [-0.39, 0.29) is 34.6 Å². The second-order valence-electron chi connectivity index (χ2n) is 7.83. The van der Waals surface area contributed by atoms with E-state index < -0.39 is 28.4 Å². The van der Waals surface area contributed by atoms with E-state index in [1.54, 1.807) is 26.8 Å². The molecular weight excluding hydrogens is 424 g/mol. The predicted octanol–water partition coefficient (Wildman–Crippen LogP) is 2.24. The molecular formula is C21H26N2O7S. The van der Waals surface area contributed by atoms with Gasteiger partial charge in [-0.25, -0.2) is 18.0 Å². The molecule has 0 unspecified atom stereocenters. The highest BCUT2D eigenvalue weighted by atomic mass is 32.2. The van der Waals surface area contributed by atoms with Crippen LogP contribution in [0.1, 0.15) is 66.3 Å². The first-order valence-corrected chi connectivity index (χ1v) is 11.7. The number of ether oxygens (including phenoxy) is 2. The van der Waals surface area contributed by atoms with Crippen molar-refractivity contribution in [2.45, 2.75) is 40.2 Å². The van der Waals surface area contributed by atoms with Crippen molar-refractivity contribution in [3.05, 3.63) is 45.5 Å². The van der Waals surface area contributed by atoms with Crippen LogP contribution in [-0.4, -0.2) is 60.9 Å². The highest BCUT2D eigenvalue weighted by Crippen LogP contribution is 2.29. The Bertz CT molecular complexity index is 1170. The summed E-state index contributed by atoms with van der Waals surface area (Å²) in [7, 11) is -1.81. The van der Waals surface area contributed by atoms with Gasteiger partial charge < -0.3 is 19.0 Å². The van der Waals surface area contributed by atoms with Crippen molar-refractivity contribution >= 4 is 27.6 Å². The summed E-state index contributed by atoms with van der Waals surface area (Å²) in [5, 5.41) is 0. The Hall–Kier alpha value is -2.88. The van der Waals surface area contributed by atoms with Crippen molar-refractivity contribution in [3.63, 3.8) is 0 Å². The maximum Gasteiger partial charge on any atom is 0.355 e. The number of esters is 2.